The molecule has 0 aliphatic heterocycles. The molecule has 0 radical (unpaired) electrons. The quantitative estimate of drug-likeness (QED) is 0.306. The van der Waals surface area contributed by atoms with Crippen LogP contribution in [0.25, 0.3) is 38.6 Å². The number of benzene rings is 3. The van der Waals surface area contributed by atoms with Crippen LogP contribution in [0.5, 0.6) is 11.5 Å². The van der Waals surface area contributed by atoms with Crippen molar-refractivity contribution in [2.75, 3.05) is 0 Å². The maximum atomic E-state index is 6.35. The van der Waals surface area contributed by atoms with Gasteiger partial charge in [0.05, 0.1) is 11.2 Å². The molecule has 6 aromatic rings. The smallest absolute Gasteiger partial charge is 0.145 e. The molecule has 3 aromatic carbocycles. The molecule has 0 bridgehead atoms. The number of aromatic nitrogens is 3. The molecular formula is C27H19N3O. The van der Waals surface area contributed by atoms with Crippen LogP contribution >= 0.6 is 0 Å². The number of para-hydroxylation sites is 1. The number of aryl methyl sites for hydroxylation is 1. The zero-order valence-electron chi connectivity index (χ0n) is 17.0. The van der Waals surface area contributed by atoms with E-state index in [1.165, 1.54) is 10.8 Å². The van der Waals surface area contributed by atoms with Gasteiger partial charge in [-0.25, -0.2) is 4.98 Å². The first-order valence-electron chi connectivity index (χ1n) is 10.3. The van der Waals surface area contributed by atoms with E-state index in [1.54, 1.807) is 6.20 Å². The normalized spacial score (nSPS) is 11.4. The van der Waals surface area contributed by atoms with Gasteiger partial charge in [0.15, 0.2) is 0 Å². The van der Waals surface area contributed by atoms with Crippen LogP contribution < -0.4 is 4.74 Å². The third-order valence-electron chi connectivity index (χ3n) is 5.70. The molecule has 6 rings (SSSR count). The van der Waals surface area contributed by atoms with Crippen LogP contribution in [0, 0.1) is 6.92 Å². The highest BCUT2D eigenvalue weighted by Gasteiger charge is 2.11. The predicted octanol–water partition coefficient (Wildman–Crippen LogP) is 6.80. The Labute approximate surface area is 179 Å². The molecule has 3 heterocycles. The molecule has 4 nitrogen and oxygen atoms in total. The predicted molar refractivity (Wildman–Crippen MR) is 125 cm³/mol. The number of rotatable bonds is 3. The highest BCUT2D eigenvalue weighted by Crippen LogP contribution is 2.34. The van der Waals surface area contributed by atoms with Gasteiger partial charge in [-0.3, -0.25) is 9.38 Å². The Bertz CT molecular complexity index is 1570. The molecule has 0 aliphatic rings. The van der Waals surface area contributed by atoms with Crippen molar-refractivity contribution >= 4 is 27.3 Å². The van der Waals surface area contributed by atoms with Crippen molar-refractivity contribution in [1.29, 1.82) is 0 Å². The van der Waals surface area contributed by atoms with E-state index >= 15 is 0 Å². The lowest BCUT2D eigenvalue weighted by atomic mass is 10.1. The summed E-state index contributed by atoms with van der Waals surface area (Å²) in [6, 6.07) is 26.8. The van der Waals surface area contributed by atoms with Crippen molar-refractivity contribution in [3.05, 3.63) is 103 Å². The fourth-order valence-corrected chi connectivity index (χ4v) is 4.15. The van der Waals surface area contributed by atoms with Crippen molar-refractivity contribution in [2.24, 2.45) is 0 Å². The average molecular weight is 401 g/mol. The van der Waals surface area contributed by atoms with Crippen LogP contribution in [-0.2, 0) is 0 Å². The van der Waals surface area contributed by atoms with E-state index in [2.05, 4.69) is 69.8 Å². The molecule has 0 saturated carbocycles. The second-order valence-electron chi connectivity index (χ2n) is 7.64. The Morgan fingerprint density at radius 1 is 0.742 bits per heavy atom. The van der Waals surface area contributed by atoms with Crippen LogP contribution in [0.15, 0.2) is 97.5 Å². The number of ether oxygens (including phenoxy) is 1. The third kappa shape index (κ3) is 2.92. The van der Waals surface area contributed by atoms with Crippen LogP contribution in [0.4, 0.5) is 0 Å². The number of hydrogen-bond donors (Lipinski definition) is 0. The Balaban J connectivity index is 1.48. The lowest BCUT2D eigenvalue weighted by molar-refractivity contribution is 0.480. The highest BCUT2D eigenvalue weighted by molar-refractivity contribution is 6.12. The van der Waals surface area contributed by atoms with Crippen molar-refractivity contribution < 1.29 is 4.74 Å². The van der Waals surface area contributed by atoms with Gasteiger partial charge in [0.25, 0.3) is 0 Å². The van der Waals surface area contributed by atoms with Gasteiger partial charge in [0.2, 0.25) is 0 Å². The van der Waals surface area contributed by atoms with Crippen molar-refractivity contribution in [2.45, 2.75) is 6.92 Å². The second kappa shape index (κ2) is 6.96. The number of pyridine rings is 2. The Kier molecular flexibility index (Phi) is 3.96. The maximum absolute atomic E-state index is 6.35. The molecule has 4 heteroatoms. The molecule has 0 atom stereocenters. The molecule has 31 heavy (non-hydrogen) atoms. The first-order valence-corrected chi connectivity index (χ1v) is 10.3. The summed E-state index contributed by atoms with van der Waals surface area (Å²) in [7, 11) is 0. The van der Waals surface area contributed by atoms with Gasteiger partial charge >= 0.3 is 0 Å². The Hall–Kier alpha value is -4.18. The average Bonchev–Trinajstić information content (AvgIpc) is 3.32. The molecule has 0 unspecified atom stereocenters. The molecule has 0 amide bonds. The van der Waals surface area contributed by atoms with E-state index in [9.17, 15) is 0 Å². The summed E-state index contributed by atoms with van der Waals surface area (Å²) in [4.78, 5) is 9.07. The summed E-state index contributed by atoms with van der Waals surface area (Å²) in [6.07, 6.45) is 5.65. The number of imidazole rings is 1. The fourth-order valence-electron chi connectivity index (χ4n) is 4.15. The summed E-state index contributed by atoms with van der Waals surface area (Å²) in [5.74, 6) is 1.61. The second-order valence-corrected chi connectivity index (χ2v) is 7.64. The van der Waals surface area contributed by atoms with Gasteiger partial charge in [-0.15, -0.1) is 0 Å². The molecule has 0 aliphatic carbocycles. The SMILES string of the molecule is Cc1ccc(-c2ccccn2)cc1Oc1ccc2c3ccccc3n3ccnc3c2c1. The van der Waals surface area contributed by atoms with Crippen molar-refractivity contribution in [3.63, 3.8) is 0 Å². The summed E-state index contributed by atoms with van der Waals surface area (Å²) < 4.78 is 8.49. The minimum absolute atomic E-state index is 0.786. The monoisotopic (exact) mass is 401 g/mol. The lowest BCUT2D eigenvalue weighted by Gasteiger charge is -2.13. The van der Waals surface area contributed by atoms with E-state index in [1.807, 2.05) is 42.7 Å². The largest absolute Gasteiger partial charge is 0.457 e. The van der Waals surface area contributed by atoms with E-state index in [4.69, 9.17) is 4.74 Å². The standard InChI is InChI=1S/C27H19N3O/c1-18-9-10-19(24-7-4-5-13-28-24)16-26(18)31-20-11-12-21-22-6-2-3-8-25(22)30-15-14-29-27(30)23(21)17-20/h2-17H,1H3. The van der Waals surface area contributed by atoms with E-state index in [0.717, 1.165) is 44.9 Å². The number of fused-ring (bicyclic) bond motifs is 6. The van der Waals surface area contributed by atoms with Crippen LogP contribution in [-0.4, -0.2) is 14.4 Å². The fraction of sp³-hybridized carbons (Fsp3) is 0.0370. The molecule has 0 fully saturated rings. The zero-order valence-corrected chi connectivity index (χ0v) is 17.0. The van der Waals surface area contributed by atoms with Crippen molar-refractivity contribution in [3.8, 4) is 22.8 Å². The molecule has 0 spiro atoms. The molecule has 0 saturated heterocycles. The summed E-state index contributed by atoms with van der Waals surface area (Å²) >= 11 is 0. The van der Waals surface area contributed by atoms with Gasteiger partial charge in [0.1, 0.15) is 17.1 Å². The summed E-state index contributed by atoms with van der Waals surface area (Å²) in [5, 5.41) is 3.43. The molecule has 3 aromatic heterocycles. The molecule has 0 N–H and O–H groups in total. The maximum Gasteiger partial charge on any atom is 0.145 e. The van der Waals surface area contributed by atoms with Crippen LogP contribution in [0.3, 0.4) is 0 Å². The Morgan fingerprint density at radius 2 is 1.65 bits per heavy atom. The first kappa shape index (κ1) is 17.7. The van der Waals surface area contributed by atoms with Gasteiger partial charge in [-0.1, -0.05) is 36.4 Å². The minimum atomic E-state index is 0.786. The van der Waals surface area contributed by atoms with Gasteiger partial charge in [-0.2, -0.15) is 0 Å². The number of nitrogens with zero attached hydrogens (tertiary/aromatic N) is 3. The van der Waals surface area contributed by atoms with Gasteiger partial charge in [-0.05, 0) is 60.3 Å². The summed E-state index contributed by atoms with van der Waals surface area (Å²) in [5.41, 5.74) is 5.11. The molecule has 148 valence electrons. The van der Waals surface area contributed by atoms with E-state index in [0.29, 0.717) is 0 Å². The highest BCUT2D eigenvalue weighted by atomic mass is 16.5. The van der Waals surface area contributed by atoms with E-state index < -0.39 is 0 Å². The summed E-state index contributed by atoms with van der Waals surface area (Å²) in [6.45, 7) is 2.05. The van der Waals surface area contributed by atoms with Crippen LogP contribution in [0.1, 0.15) is 5.56 Å². The van der Waals surface area contributed by atoms with Crippen molar-refractivity contribution in [1.82, 2.24) is 14.4 Å². The van der Waals surface area contributed by atoms with Gasteiger partial charge in [0, 0.05) is 34.9 Å². The van der Waals surface area contributed by atoms with Gasteiger partial charge < -0.3 is 4.74 Å². The Morgan fingerprint density at radius 3 is 2.55 bits per heavy atom. The first-order chi connectivity index (χ1) is 15.3. The lowest BCUT2D eigenvalue weighted by Crippen LogP contribution is -1.93. The molecular weight excluding hydrogens is 382 g/mol. The minimum Gasteiger partial charge on any atom is -0.457 e. The van der Waals surface area contributed by atoms with E-state index in [-0.39, 0.29) is 0 Å². The van der Waals surface area contributed by atoms with Crippen LogP contribution in [0.2, 0.25) is 0 Å². The topological polar surface area (TPSA) is 39.4 Å². The zero-order chi connectivity index (χ0) is 20.8. The number of hydrogen-bond acceptors (Lipinski definition) is 3. The third-order valence-corrected chi connectivity index (χ3v) is 5.70.